The predicted molar refractivity (Wildman–Crippen MR) is 99.2 cm³/mol. The Morgan fingerprint density at radius 2 is 1.67 bits per heavy atom. The zero-order valence-electron chi connectivity index (χ0n) is 14.8. The number of fused-ring (bicyclic) bond motifs is 2. The van der Waals surface area contributed by atoms with Gasteiger partial charge in [-0.2, -0.15) is 0 Å². The molecule has 0 atom stereocenters. The molecule has 2 heteroatoms. The number of hydrogen-bond acceptors (Lipinski definition) is 2. The Morgan fingerprint density at radius 3 is 2.42 bits per heavy atom. The summed E-state index contributed by atoms with van der Waals surface area (Å²) in [6.07, 6.45) is 1.93. The predicted octanol–water partition coefficient (Wildman–Crippen LogP) is 5.67. The van der Waals surface area contributed by atoms with Crippen LogP contribution in [0.4, 0.5) is 0 Å². The molecule has 0 amide bonds. The van der Waals surface area contributed by atoms with Crippen molar-refractivity contribution in [1.29, 1.82) is 0 Å². The highest BCUT2D eigenvalue weighted by Crippen LogP contribution is 2.42. The number of ether oxygens (including phenoxy) is 1. The standard InChI is InChI=1S/C22H23NO/c1-13(2)20-14(3)18-11-24-12-19(18)15(4)21(20)22-17-8-6-5-7-16(17)9-10-23-22/h5-10,13H,11-12H2,1-4H3. The topological polar surface area (TPSA) is 22.1 Å². The van der Waals surface area contributed by atoms with Gasteiger partial charge in [-0.15, -0.1) is 0 Å². The molecule has 0 saturated heterocycles. The number of benzene rings is 2. The van der Waals surface area contributed by atoms with Gasteiger partial charge in [0, 0.05) is 17.1 Å². The van der Waals surface area contributed by atoms with E-state index < -0.39 is 0 Å². The van der Waals surface area contributed by atoms with Gasteiger partial charge in [-0.25, -0.2) is 0 Å². The average Bonchev–Trinajstić information content (AvgIpc) is 3.07. The molecule has 0 N–H and O–H groups in total. The van der Waals surface area contributed by atoms with E-state index in [0.29, 0.717) is 5.92 Å². The Morgan fingerprint density at radius 1 is 0.958 bits per heavy atom. The number of nitrogens with zero attached hydrogens (tertiary/aromatic N) is 1. The molecule has 0 fully saturated rings. The van der Waals surface area contributed by atoms with Crippen LogP contribution in [0.5, 0.6) is 0 Å². The fraction of sp³-hybridized carbons (Fsp3) is 0.318. The maximum absolute atomic E-state index is 5.77. The highest BCUT2D eigenvalue weighted by molar-refractivity contribution is 5.96. The van der Waals surface area contributed by atoms with Crippen LogP contribution in [-0.2, 0) is 18.0 Å². The Balaban J connectivity index is 2.13. The summed E-state index contributed by atoms with van der Waals surface area (Å²) in [7, 11) is 0. The van der Waals surface area contributed by atoms with E-state index in [-0.39, 0.29) is 0 Å². The van der Waals surface area contributed by atoms with Crippen molar-refractivity contribution in [3.63, 3.8) is 0 Å². The molecule has 2 heterocycles. The number of hydrogen-bond donors (Lipinski definition) is 0. The quantitative estimate of drug-likeness (QED) is 0.607. The second kappa shape index (κ2) is 5.71. The van der Waals surface area contributed by atoms with Crippen LogP contribution in [0.15, 0.2) is 36.5 Å². The number of aromatic nitrogens is 1. The minimum atomic E-state index is 0.449. The molecule has 4 rings (SSSR count). The summed E-state index contributed by atoms with van der Waals surface area (Å²) in [4.78, 5) is 4.81. The Kier molecular flexibility index (Phi) is 3.65. The van der Waals surface area contributed by atoms with Gasteiger partial charge >= 0.3 is 0 Å². The molecule has 2 aromatic carbocycles. The minimum Gasteiger partial charge on any atom is -0.372 e. The van der Waals surface area contributed by atoms with Crippen molar-refractivity contribution in [2.75, 3.05) is 0 Å². The molecule has 1 aromatic heterocycles. The molecule has 1 aliphatic rings. The molecule has 3 aromatic rings. The first-order chi connectivity index (χ1) is 11.6. The third-order valence-electron chi connectivity index (χ3n) is 5.30. The van der Waals surface area contributed by atoms with E-state index in [0.717, 1.165) is 18.9 Å². The average molecular weight is 317 g/mol. The molecule has 0 aliphatic carbocycles. The van der Waals surface area contributed by atoms with Gasteiger partial charge in [0.1, 0.15) is 0 Å². The largest absolute Gasteiger partial charge is 0.372 e. The maximum Gasteiger partial charge on any atom is 0.0786 e. The van der Waals surface area contributed by atoms with E-state index in [1.807, 2.05) is 6.20 Å². The summed E-state index contributed by atoms with van der Waals surface area (Å²) >= 11 is 0. The lowest BCUT2D eigenvalue weighted by atomic mass is 9.82. The van der Waals surface area contributed by atoms with Gasteiger partial charge in [-0.3, -0.25) is 4.98 Å². The van der Waals surface area contributed by atoms with E-state index in [1.54, 1.807) is 0 Å². The van der Waals surface area contributed by atoms with Gasteiger partial charge < -0.3 is 4.74 Å². The monoisotopic (exact) mass is 317 g/mol. The summed E-state index contributed by atoms with van der Waals surface area (Å²) in [5.74, 6) is 0.449. The Hall–Kier alpha value is -2.19. The molecule has 122 valence electrons. The molecule has 0 bridgehead atoms. The number of pyridine rings is 1. The summed E-state index contributed by atoms with van der Waals surface area (Å²) in [5, 5.41) is 2.47. The summed E-state index contributed by atoms with van der Waals surface area (Å²) in [5.41, 5.74) is 9.30. The van der Waals surface area contributed by atoms with E-state index >= 15 is 0 Å². The van der Waals surface area contributed by atoms with Gasteiger partial charge in [-0.05, 0) is 59.0 Å². The van der Waals surface area contributed by atoms with Crippen molar-refractivity contribution in [1.82, 2.24) is 4.98 Å². The van der Waals surface area contributed by atoms with Crippen molar-refractivity contribution >= 4 is 10.8 Å². The van der Waals surface area contributed by atoms with E-state index in [4.69, 9.17) is 9.72 Å². The molecule has 0 saturated carbocycles. The van der Waals surface area contributed by atoms with Crippen molar-refractivity contribution in [2.24, 2.45) is 0 Å². The maximum atomic E-state index is 5.77. The van der Waals surface area contributed by atoms with Crippen LogP contribution >= 0.6 is 0 Å². The molecule has 0 unspecified atom stereocenters. The highest BCUT2D eigenvalue weighted by Gasteiger charge is 2.26. The summed E-state index contributed by atoms with van der Waals surface area (Å²) in [6.45, 7) is 10.5. The van der Waals surface area contributed by atoms with Gasteiger partial charge in [0.2, 0.25) is 0 Å². The fourth-order valence-electron chi connectivity index (χ4n) is 4.15. The first-order valence-electron chi connectivity index (χ1n) is 8.66. The molecule has 0 spiro atoms. The van der Waals surface area contributed by atoms with Crippen LogP contribution in [-0.4, -0.2) is 4.98 Å². The van der Waals surface area contributed by atoms with Crippen molar-refractivity contribution in [3.8, 4) is 11.3 Å². The number of rotatable bonds is 2. The fourth-order valence-corrected chi connectivity index (χ4v) is 4.15. The van der Waals surface area contributed by atoms with Crippen LogP contribution in [0.3, 0.4) is 0 Å². The molecule has 0 radical (unpaired) electrons. The normalized spacial score (nSPS) is 13.7. The Bertz CT molecular complexity index is 935. The molecule has 2 nitrogen and oxygen atoms in total. The van der Waals surface area contributed by atoms with Gasteiger partial charge in [0.05, 0.1) is 18.9 Å². The first-order valence-corrected chi connectivity index (χ1v) is 8.66. The zero-order chi connectivity index (χ0) is 16.8. The summed E-state index contributed by atoms with van der Waals surface area (Å²) in [6, 6.07) is 10.6. The van der Waals surface area contributed by atoms with Crippen molar-refractivity contribution in [2.45, 2.75) is 46.8 Å². The SMILES string of the molecule is Cc1c2c(c(C)c(C(C)C)c1-c1nccc3ccccc13)COC2. The van der Waals surface area contributed by atoms with Crippen LogP contribution in [0, 0.1) is 13.8 Å². The lowest BCUT2D eigenvalue weighted by Crippen LogP contribution is -2.06. The van der Waals surface area contributed by atoms with E-state index in [1.165, 1.54) is 44.2 Å². The smallest absolute Gasteiger partial charge is 0.0786 e. The van der Waals surface area contributed by atoms with Crippen LogP contribution < -0.4 is 0 Å². The van der Waals surface area contributed by atoms with Crippen LogP contribution in [0.2, 0.25) is 0 Å². The van der Waals surface area contributed by atoms with Crippen LogP contribution in [0.1, 0.15) is 47.6 Å². The van der Waals surface area contributed by atoms with Gasteiger partial charge in [-0.1, -0.05) is 38.1 Å². The third kappa shape index (κ3) is 2.17. The van der Waals surface area contributed by atoms with E-state index in [2.05, 4.69) is 58.0 Å². The van der Waals surface area contributed by atoms with Gasteiger partial charge in [0.25, 0.3) is 0 Å². The molecular weight excluding hydrogens is 294 g/mol. The minimum absolute atomic E-state index is 0.449. The molecular formula is C22H23NO. The zero-order valence-corrected chi connectivity index (χ0v) is 14.8. The second-order valence-corrected chi connectivity index (χ2v) is 7.02. The molecule has 1 aliphatic heterocycles. The third-order valence-corrected chi connectivity index (χ3v) is 5.30. The summed E-state index contributed by atoms with van der Waals surface area (Å²) < 4.78 is 5.77. The first kappa shape index (κ1) is 15.3. The van der Waals surface area contributed by atoms with Crippen LogP contribution in [0.25, 0.3) is 22.0 Å². The Labute approximate surface area is 143 Å². The van der Waals surface area contributed by atoms with Crippen molar-refractivity contribution < 1.29 is 4.74 Å². The second-order valence-electron chi connectivity index (χ2n) is 7.02. The van der Waals surface area contributed by atoms with E-state index in [9.17, 15) is 0 Å². The molecule has 24 heavy (non-hydrogen) atoms. The van der Waals surface area contributed by atoms with Crippen molar-refractivity contribution in [3.05, 3.63) is 64.3 Å². The van der Waals surface area contributed by atoms with Gasteiger partial charge in [0.15, 0.2) is 0 Å². The lowest BCUT2D eigenvalue weighted by Gasteiger charge is -2.23. The highest BCUT2D eigenvalue weighted by atomic mass is 16.5. The lowest BCUT2D eigenvalue weighted by molar-refractivity contribution is 0.134.